The van der Waals surface area contributed by atoms with Crippen molar-refractivity contribution in [2.24, 2.45) is 0 Å². The van der Waals surface area contributed by atoms with E-state index in [1.54, 1.807) is 31.2 Å². The van der Waals surface area contributed by atoms with Gasteiger partial charge in [-0.05, 0) is 24.6 Å². The van der Waals surface area contributed by atoms with Crippen LogP contribution in [-0.4, -0.2) is 11.1 Å². The molecule has 0 atom stereocenters. The van der Waals surface area contributed by atoms with E-state index in [2.05, 4.69) is 9.68 Å². The van der Waals surface area contributed by atoms with Gasteiger partial charge in [0.25, 0.3) is 0 Å². The third-order valence-electron chi connectivity index (χ3n) is 2.55. The van der Waals surface area contributed by atoms with Crippen molar-refractivity contribution >= 4 is 11.9 Å². The number of hydrogen-bond donors (Lipinski definition) is 1. The first-order valence-electron chi connectivity index (χ1n) is 5.49. The maximum Gasteiger partial charge on any atom is 0.346 e. The summed E-state index contributed by atoms with van der Waals surface area (Å²) in [6.07, 6.45) is 0. The standard InChI is InChI=1S/C13H11N3O3/c1-8-11(12(15)19-16-8)13(17)18-7-10-4-2-9(6-14)3-5-10/h2-5H,7,15H2,1H3. The number of nitriles is 1. The molecule has 2 rings (SSSR count). The molecule has 1 aromatic heterocycles. The van der Waals surface area contributed by atoms with Crippen LogP contribution >= 0.6 is 0 Å². The number of nitrogens with two attached hydrogens (primary N) is 1. The molecule has 0 saturated carbocycles. The molecule has 0 fully saturated rings. The topological polar surface area (TPSA) is 102 Å². The maximum atomic E-state index is 11.8. The lowest BCUT2D eigenvalue weighted by Gasteiger charge is -2.04. The summed E-state index contributed by atoms with van der Waals surface area (Å²) < 4.78 is 9.80. The summed E-state index contributed by atoms with van der Waals surface area (Å²) in [5, 5.41) is 12.2. The smallest absolute Gasteiger partial charge is 0.346 e. The van der Waals surface area contributed by atoms with Crippen LogP contribution in [0.25, 0.3) is 0 Å². The molecule has 1 heterocycles. The molecule has 0 aliphatic heterocycles. The Hall–Kier alpha value is -2.81. The van der Waals surface area contributed by atoms with E-state index in [1.165, 1.54) is 0 Å². The molecular weight excluding hydrogens is 246 g/mol. The lowest BCUT2D eigenvalue weighted by atomic mass is 10.1. The number of carbonyl (C=O) groups is 1. The molecule has 0 aliphatic carbocycles. The average Bonchev–Trinajstić information content (AvgIpc) is 2.76. The van der Waals surface area contributed by atoms with Crippen LogP contribution in [0.1, 0.15) is 27.2 Å². The lowest BCUT2D eigenvalue weighted by Crippen LogP contribution is -2.08. The molecule has 2 N–H and O–H groups in total. The average molecular weight is 257 g/mol. The number of hydrogen-bond acceptors (Lipinski definition) is 6. The van der Waals surface area contributed by atoms with Gasteiger partial charge >= 0.3 is 5.97 Å². The van der Waals surface area contributed by atoms with Crippen molar-refractivity contribution in [3.05, 3.63) is 46.6 Å². The van der Waals surface area contributed by atoms with Crippen molar-refractivity contribution < 1.29 is 14.1 Å². The predicted molar refractivity (Wildman–Crippen MR) is 65.9 cm³/mol. The van der Waals surface area contributed by atoms with Crippen LogP contribution in [0.5, 0.6) is 0 Å². The number of aromatic nitrogens is 1. The van der Waals surface area contributed by atoms with Gasteiger partial charge in [-0.25, -0.2) is 4.79 Å². The van der Waals surface area contributed by atoms with Crippen molar-refractivity contribution in [2.75, 3.05) is 5.73 Å². The summed E-state index contributed by atoms with van der Waals surface area (Å²) in [6, 6.07) is 8.76. The molecular formula is C13H11N3O3. The van der Waals surface area contributed by atoms with E-state index in [-0.39, 0.29) is 18.1 Å². The van der Waals surface area contributed by atoms with Gasteiger partial charge < -0.3 is 15.0 Å². The van der Waals surface area contributed by atoms with Gasteiger partial charge in [0.15, 0.2) is 0 Å². The molecule has 0 aliphatic rings. The normalized spacial score (nSPS) is 9.89. The molecule has 0 bridgehead atoms. The van der Waals surface area contributed by atoms with Gasteiger partial charge in [0.05, 0.1) is 17.3 Å². The van der Waals surface area contributed by atoms with Crippen LogP contribution in [0.3, 0.4) is 0 Å². The SMILES string of the molecule is Cc1noc(N)c1C(=O)OCc1ccc(C#N)cc1. The summed E-state index contributed by atoms with van der Waals surface area (Å²) >= 11 is 0. The minimum Gasteiger partial charge on any atom is -0.457 e. The van der Waals surface area contributed by atoms with Crippen LogP contribution in [-0.2, 0) is 11.3 Å². The van der Waals surface area contributed by atoms with E-state index in [9.17, 15) is 4.79 Å². The highest BCUT2D eigenvalue weighted by molar-refractivity contribution is 5.94. The summed E-state index contributed by atoms with van der Waals surface area (Å²) in [4.78, 5) is 11.8. The number of carbonyl (C=O) groups excluding carboxylic acids is 1. The number of anilines is 1. The van der Waals surface area contributed by atoms with Crippen LogP contribution < -0.4 is 5.73 Å². The summed E-state index contributed by atoms with van der Waals surface area (Å²) in [6.45, 7) is 1.70. The van der Waals surface area contributed by atoms with Crippen LogP contribution in [0.2, 0.25) is 0 Å². The molecule has 19 heavy (non-hydrogen) atoms. The molecule has 1 aromatic carbocycles. The van der Waals surface area contributed by atoms with Gasteiger partial charge in [-0.3, -0.25) is 0 Å². The highest BCUT2D eigenvalue weighted by Crippen LogP contribution is 2.17. The minimum atomic E-state index is -0.583. The van der Waals surface area contributed by atoms with Gasteiger partial charge in [0.2, 0.25) is 5.88 Å². The van der Waals surface area contributed by atoms with E-state index >= 15 is 0 Å². The van der Waals surface area contributed by atoms with E-state index in [4.69, 9.17) is 15.7 Å². The Kier molecular flexibility index (Phi) is 3.48. The second-order valence-corrected chi connectivity index (χ2v) is 3.89. The lowest BCUT2D eigenvalue weighted by molar-refractivity contribution is 0.0473. The fraction of sp³-hybridized carbons (Fsp3) is 0.154. The van der Waals surface area contributed by atoms with E-state index in [0.717, 1.165) is 5.56 Å². The molecule has 0 spiro atoms. The van der Waals surface area contributed by atoms with Crippen molar-refractivity contribution in [3.63, 3.8) is 0 Å². The molecule has 0 saturated heterocycles. The van der Waals surface area contributed by atoms with Crippen molar-refractivity contribution in [3.8, 4) is 6.07 Å². The highest BCUT2D eigenvalue weighted by Gasteiger charge is 2.19. The Balaban J connectivity index is 2.03. The molecule has 0 radical (unpaired) electrons. The molecule has 2 aromatic rings. The molecule has 0 unspecified atom stereocenters. The number of esters is 1. The molecule has 0 amide bonds. The Morgan fingerprint density at radius 3 is 2.68 bits per heavy atom. The Labute approximate surface area is 109 Å². The molecule has 6 nitrogen and oxygen atoms in total. The van der Waals surface area contributed by atoms with Gasteiger partial charge in [-0.2, -0.15) is 5.26 Å². The summed E-state index contributed by atoms with van der Waals surface area (Å²) in [5.74, 6) is -0.636. The summed E-state index contributed by atoms with van der Waals surface area (Å²) in [5.41, 5.74) is 7.35. The number of rotatable bonds is 3. The quantitative estimate of drug-likeness (QED) is 0.841. The van der Waals surface area contributed by atoms with E-state index in [0.29, 0.717) is 11.3 Å². The van der Waals surface area contributed by atoms with Gasteiger partial charge in [-0.15, -0.1) is 0 Å². The van der Waals surface area contributed by atoms with Crippen molar-refractivity contribution in [2.45, 2.75) is 13.5 Å². The largest absolute Gasteiger partial charge is 0.457 e. The van der Waals surface area contributed by atoms with Crippen molar-refractivity contribution in [1.82, 2.24) is 5.16 Å². The van der Waals surface area contributed by atoms with Gasteiger partial charge in [0.1, 0.15) is 12.2 Å². The fourth-order valence-electron chi connectivity index (χ4n) is 1.53. The number of ether oxygens (including phenoxy) is 1. The van der Waals surface area contributed by atoms with E-state index < -0.39 is 5.97 Å². The predicted octanol–water partition coefficient (Wildman–Crippen LogP) is 1.79. The zero-order chi connectivity index (χ0) is 13.8. The highest BCUT2D eigenvalue weighted by atomic mass is 16.5. The third kappa shape index (κ3) is 2.72. The fourth-order valence-corrected chi connectivity index (χ4v) is 1.53. The first-order valence-corrected chi connectivity index (χ1v) is 5.49. The monoisotopic (exact) mass is 257 g/mol. The molecule has 6 heteroatoms. The summed E-state index contributed by atoms with van der Waals surface area (Å²) in [7, 11) is 0. The maximum absolute atomic E-state index is 11.8. The van der Waals surface area contributed by atoms with Crippen LogP contribution in [0.15, 0.2) is 28.8 Å². The minimum absolute atomic E-state index is 0.0534. The van der Waals surface area contributed by atoms with E-state index in [1.807, 2.05) is 6.07 Å². The first kappa shape index (κ1) is 12.6. The number of nitrogen functional groups attached to an aromatic ring is 1. The Morgan fingerprint density at radius 2 is 2.16 bits per heavy atom. The molecule has 96 valence electrons. The first-order chi connectivity index (χ1) is 9.11. The van der Waals surface area contributed by atoms with Gasteiger partial charge in [0, 0.05) is 0 Å². The second-order valence-electron chi connectivity index (χ2n) is 3.89. The van der Waals surface area contributed by atoms with Crippen LogP contribution in [0.4, 0.5) is 5.88 Å². The zero-order valence-corrected chi connectivity index (χ0v) is 10.2. The second kappa shape index (κ2) is 5.23. The Bertz CT molecular complexity index is 619. The number of benzene rings is 1. The number of aryl methyl sites for hydroxylation is 1. The third-order valence-corrected chi connectivity index (χ3v) is 2.55. The van der Waals surface area contributed by atoms with Gasteiger partial charge in [-0.1, -0.05) is 17.3 Å². The van der Waals surface area contributed by atoms with Crippen LogP contribution in [0, 0.1) is 18.3 Å². The zero-order valence-electron chi connectivity index (χ0n) is 10.2. The Morgan fingerprint density at radius 1 is 1.47 bits per heavy atom. The van der Waals surface area contributed by atoms with Crippen molar-refractivity contribution in [1.29, 1.82) is 5.26 Å². The number of nitrogens with zero attached hydrogens (tertiary/aromatic N) is 2.